The fourth-order valence-electron chi connectivity index (χ4n) is 2.29. The van der Waals surface area contributed by atoms with Gasteiger partial charge in [0, 0.05) is 0 Å². The third-order valence-corrected chi connectivity index (χ3v) is 3.02. The molecule has 1 rings (SSSR count). The van der Waals surface area contributed by atoms with Gasteiger partial charge in [0.2, 0.25) is 0 Å². The van der Waals surface area contributed by atoms with Crippen molar-refractivity contribution >= 4 is 0 Å². The molecule has 1 aliphatic rings. The summed E-state index contributed by atoms with van der Waals surface area (Å²) in [5.41, 5.74) is 4.41. The van der Waals surface area contributed by atoms with Crippen LogP contribution in [0.1, 0.15) is 39.5 Å². The highest BCUT2D eigenvalue weighted by Crippen LogP contribution is 2.33. The summed E-state index contributed by atoms with van der Waals surface area (Å²) in [6.45, 7) is 12.2. The molecule has 0 aromatic carbocycles. The smallest absolute Gasteiger partial charge is 0.0216 e. The Morgan fingerprint density at radius 2 is 1.87 bits per heavy atom. The predicted octanol–water partition coefficient (Wildman–Crippen LogP) is 4.81. The van der Waals surface area contributed by atoms with E-state index in [4.69, 9.17) is 0 Å². The lowest BCUT2D eigenvalue weighted by Gasteiger charge is -2.22. The zero-order valence-corrected chi connectivity index (χ0v) is 10.1. The molecule has 15 heavy (non-hydrogen) atoms. The molecule has 0 spiro atoms. The van der Waals surface area contributed by atoms with Crippen LogP contribution in [0.2, 0.25) is 0 Å². The third-order valence-electron chi connectivity index (χ3n) is 3.02. The Bertz CT molecular complexity index is 300. The maximum atomic E-state index is 3.94. The van der Waals surface area contributed by atoms with Gasteiger partial charge in [0.25, 0.3) is 0 Å². The highest BCUT2D eigenvalue weighted by Gasteiger charge is 2.15. The molecule has 0 N–H and O–H groups in total. The van der Waals surface area contributed by atoms with Crippen molar-refractivity contribution < 1.29 is 0 Å². The Labute approximate surface area is 94.1 Å². The summed E-state index contributed by atoms with van der Waals surface area (Å²) < 4.78 is 0. The standard InChI is InChI=1S/C15H22/c1-5-9-13-10-7-8-11-15(13)14(6-2)12(3)4/h5-6,9,12H,1-2,7-8,10-11H2,3-4H3/b13-9-,15-14+. The van der Waals surface area contributed by atoms with Crippen LogP contribution in [-0.4, -0.2) is 0 Å². The average Bonchev–Trinajstić information content (AvgIpc) is 2.21. The van der Waals surface area contributed by atoms with E-state index in [9.17, 15) is 0 Å². The van der Waals surface area contributed by atoms with Crippen molar-refractivity contribution in [2.75, 3.05) is 0 Å². The average molecular weight is 202 g/mol. The van der Waals surface area contributed by atoms with E-state index in [2.05, 4.69) is 33.1 Å². The first-order chi connectivity index (χ1) is 7.20. The van der Waals surface area contributed by atoms with E-state index < -0.39 is 0 Å². The van der Waals surface area contributed by atoms with E-state index in [1.165, 1.54) is 42.4 Å². The number of rotatable bonds is 3. The van der Waals surface area contributed by atoms with E-state index in [1.54, 1.807) is 0 Å². The maximum Gasteiger partial charge on any atom is -0.0216 e. The van der Waals surface area contributed by atoms with Crippen LogP contribution >= 0.6 is 0 Å². The lowest BCUT2D eigenvalue weighted by Crippen LogP contribution is -2.05. The van der Waals surface area contributed by atoms with Crippen LogP contribution in [0.3, 0.4) is 0 Å². The summed E-state index contributed by atoms with van der Waals surface area (Å²) in [6.07, 6.45) is 11.1. The lowest BCUT2D eigenvalue weighted by molar-refractivity contribution is 0.658. The predicted molar refractivity (Wildman–Crippen MR) is 68.8 cm³/mol. The molecule has 82 valence electrons. The summed E-state index contributed by atoms with van der Waals surface area (Å²) in [5, 5.41) is 0. The van der Waals surface area contributed by atoms with Crippen LogP contribution < -0.4 is 0 Å². The van der Waals surface area contributed by atoms with Gasteiger partial charge >= 0.3 is 0 Å². The van der Waals surface area contributed by atoms with Crippen LogP contribution in [0.25, 0.3) is 0 Å². The molecule has 1 aliphatic carbocycles. The van der Waals surface area contributed by atoms with Crippen molar-refractivity contribution in [3.05, 3.63) is 48.1 Å². The largest absolute Gasteiger partial charge is 0.0991 e. The van der Waals surface area contributed by atoms with E-state index in [0.29, 0.717) is 5.92 Å². The molecule has 0 nitrogen and oxygen atoms in total. The molecule has 0 heteroatoms. The Balaban J connectivity index is 3.11. The molecule has 0 saturated heterocycles. The Morgan fingerprint density at radius 3 is 2.40 bits per heavy atom. The molecule has 0 heterocycles. The monoisotopic (exact) mass is 202 g/mol. The Hall–Kier alpha value is -1.04. The molecule has 0 unspecified atom stereocenters. The molecule has 0 radical (unpaired) electrons. The number of hydrogen-bond donors (Lipinski definition) is 0. The molecule has 0 aromatic rings. The van der Waals surface area contributed by atoms with Crippen molar-refractivity contribution in [2.24, 2.45) is 5.92 Å². The maximum absolute atomic E-state index is 3.94. The van der Waals surface area contributed by atoms with Crippen molar-refractivity contribution in [1.82, 2.24) is 0 Å². The zero-order valence-electron chi connectivity index (χ0n) is 10.1. The molecule has 0 atom stereocenters. The van der Waals surface area contributed by atoms with Crippen LogP contribution in [0.5, 0.6) is 0 Å². The Morgan fingerprint density at radius 1 is 1.20 bits per heavy atom. The van der Waals surface area contributed by atoms with E-state index in [1.807, 2.05) is 12.2 Å². The van der Waals surface area contributed by atoms with Crippen LogP contribution in [-0.2, 0) is 0 Å². The molecule has 0 aliphatic heterocycles. The van der Waals surface area contributed by atoms with Gasteiger partial charge in [-0.1, -0.05) is 45.2 Å². The van der Waals surface area contributed by atoms with Crippen LogP contribution in [0, 0.1) is 5.92 Å². The summed E-state index contributed by atoms with van der Waals surface area (Å²) in [5.74, 6) is 0.573. The Kier molecular flexibility index (Phi) is 4.61. The van der Waals surface area contributed by atoms with Gasteiger partial charge in [0.1, 0.15) is 0 Å². The van der Waals surface area contributed by atoms with Crippen molar-refractivity contribution in [3.63, 3.8) is 0 Å². The first-order valence-corrected chi connectivity index (χ1v) is 5.88. The first kappa shape index (κ1) is 12.0. The van der Waals surface area contributed by atoms with Gasteiger partial charge in [-0.25, -0.2) is 0 Å². The van der Waals surface area contributed by atoms with Gasteiger partial charge in [0.15, 0.2) is 0 Å². The van der Waals surface area contributed by atoms with Crippen molar-refractivity contribution in [1.29, 1.82) is 0 Å². The SMILES string of the molecule is C=C/C=C1/CCCC/C1=C(/C=C)C(C)C. The first-order valence-electron chi connectivity index (χ1n) is 5.88. The minimum Gasteiger partial charge on any atom is -0.0991 e. The topological polar surface area (TPSA) is 0 Å². The van der Waals surface area contributed by atoms with E-state index >= 15 is 0 Å². The second-order valence-electron chi connectivity index (χ2n) is 4.43. The third kappa shape index (κ3) is 2.95. The highest BCUT2D eigenvalue weighted by atomic mass is 14.2. The van der Waals surface area contributed by atoms with Gasteiger partial charge in [-0.2, -0.15) is 0 Å². The second-order valence-corrected chi connectivity index (χ2v) is 4.43. The summed E-state index contributed by atoms with van der Waals surface area (Å²) in [4.78, 5) is 0. The number of allylic oxidation sites excluding steroid dienone is 6. The van der Waals surface area contributed by atoms with Crippen molar-refractivity contribution in [3.8, 4) is 0 Å². The minimum absolute atomic E-state index is 0.573. The van der Waals surface area contributed by atoms with Crippen LogP contribution in [0.4, 0.5) is 0 Å². The van der Waals surface area contributed by atoms with Gasteiger partial charge in [-0.05, 0) is 48.3 Å². The van der Waals surface area contributed by atoms with E-state index in [0.717, 1.165) is 0 Å². The fourth-order valence-corrected chi connectivity index (χ4v) is 2.29. The van der Waals surface area contributed by atoms with Gasteiger partial charge in [0.05, 0.1) is 0 Å². The zero-order chi connectivity index (χ0) is 11.3. The van der Waals surface area contributed by atoms with Crippen molar-refractivity contribution in [2.45, 2.75) is 39.5 Å². The minimum atomic E-state index is 0.573. The van der Waals surface area contributed by atoms with Crippen LogP contribution in [0.15, 0.2) is 48.1 Å². The molecular formula is C15H22. The summed E-state index contributed by atoms with van der Waals surface area (Å²) >= 11 is 0. The van der Waals surface area contributed by atoms with Gasteiger partial charge in [-0.3, -0.25) is 0 Å². The van der Waals surface area contributed by atoms with Gasteiger partial charge in [-0.15, -0.1) is 0 Å². The lowest BCUT2D eigenvalue weighted by atomic mass is 9.83. The quantitative estimate of drug-likeness (QED) is 0.616. The number of hydrogen-bond acceptors (Lipinski definition) is 0. The molecule has 1 saturated carbocycles. The molecule has 0 amide bonds. The summed E-state index contributed by atoms with van der Waals surface area (Å²) in [6, 6.07) is 0. The van der Waals surface area contributed by atoms with E-state index in [-0.39, 0.29) is 0 Å². The summed E-state index contributed by atoms with van der Waals surface area (Å²) in [7, 11) is 0. The normalized spacial score (nSPS) is 23.0. The second kappa shape index (κ2) is 5.75. The molecule has 1 fully saturated rings. The van der Waals surface area contributed by atoms with Gasteiger partial charge < -0.3 is 0 Å². The molecule has 0 bridgehead atoms. The molecular weight excluding hydrogens is 180 g/mol. The molecule has 0 aromatic heterocycles. The fraction of sp³-hybridized carbons (Fsp3) is 0.467. The highest BCUT2D eigenvalue weighted by molar-refractivity contribution is 5.43.